The van der Waals surface area contributed by atoms with Crippen molar-refractivity contribution in [2.45, 2.75) is 25.7 Å². The predicted molar refractivity (Wildman–Crippen MR) is 67.7 cm³/mol. The monoisotopic (exact) mass is 214 g/mol. The molecule has 4 heteroatoms. The summed E-state index contributed by atoms with van der Waals surface area (Å²) < 4.78 is 0. The third-order valence-corrected chi connectivity index (χ3v) is 2.18. The topological polar surface area (TPSA) is 62.4 Å². The van der Waals surface area contributed by atoms with Crippen molar-refractivity contribution in [2.75, 3.05) is 39.3 Å². The van der Waals surface area contributed by atoms with E-state index in [-0.39, 0.29) is 0 Å². The molecule has 0 amide bonds. The fourth-order valence-corrected chi connectivity index (χ4v) is 1.29. The molecule has 0 unspecified atom stereocenters. The fraction of sp³-hybridized carbons (Fsp3) is 0.909. The molecule has 0 spiro atoms. The largest absolute Gasteiger partial charge is 0.330 e. The molecule has 0 aliphatic carbocycles. The van der Waals surface area contributed by atoms with E-state index in [4.69, 9.17) is 5.73 Å². The molecule has 4 N–H and O–H groups in total. The molecule has 0 aliphatic rings. The maximum atomic E-state index is 5.39. The lowest BCUT2D eigenvalue weighted by atomic mass is 10.3. The Balaban J connectivity index is 2.83. The van der Waals surface area contributed by atoms with Crippen LogP contribution in [0, 0.1) is 0 Å². The fourth-order valence-electron chi connectivity index (χ4n) is 1.29. The standard InChI is InChI=1S/C11H26N4/c1-13-7-5-11-15-9-3-2-8-14-10-4-6-12/h14-15H,1-12H2. The molecule has 90 valence electrons. The maximum absolute atomic E-state index is 5.39. The Bertz CT molecular complexity index is 128. The number of unbranched alkanes of at least 4 members (excludes halogenated alkanes) is 1. The Morgan fingerprint density at radius 2 is 1.40 bits per heavy atom. The van der Waals surface area contributed by atoms with Gasteiger partial charge in [0.05, 0.1) is 0 Å². The molecule has 0 aliphatic heterocycles. The van der Waals surface area contributed by atoms with Crippen LogP contribution in [0.5, 0.6) is 0 Å². The van der Waals surface area contributed by atoms with E-state index in [0.717, 1.165) is 52.1 Å². The summed E-state index contributed by atoms with van der Waals surface area (Å²) in [6.45, 7) is 9.42. The van der Waals surface area contributed by atoms with Gasteiger partial charge in [-0.25, -0.2) is 0 Å². The first-order valence-corrected chi connectivity index (χ1v) is 5.95. The molecule has 0 radical (unpaired) electrons. The molecule has 0 saturated carbocycles. The summed E-state index contributed by atoms with van der Waals surface area (Å²) in [4.78, 5) is 3.80. The summed E-state index contributed by atoms with van der Waals surface area (Å²) in [5, 5.41) is 6.75. The number of aliphatic imine (C=N–C) groups is 1. The van der Waals surface area contributed by atoms with E-state index < -0.39 is 0 Å². The Morgan fingerprint density at radius 1 is 0.867 bits per heavy atom. The van der Waals surface area contributed by atoms with Crippen LogP contribution in [0.15, 0.2) is 4.99 Å². The second kappa shape index (κ2) is 13.5. The van der Waals surface area contributed by atoms with Gasteiger partial charge in [0, 0.05) is 6.54 Å². The molecule has 0 aromatic rings. The van der Waals surface area contributed by atoms with Crippen molar-refractivity contribution in [1.29, 1.82) is 0 Å². The maximum Gasteiger partial charge on any atom is 0.0394 e. The van der Waals surface area contributed by atoms with Crippen LogP contribution in [0.4, 0.5) is 0 Å². The zero-order valence-electron chi connectivity index (χ0n) is 9.80. The Kier molecular flexibility index (Phi) is 13.1. The van der Waals surface area contributed by atoms with E-state index in [9.17, 15) is 0 Å². The van der Waals surface area contributed by atoms with Gasteiger partial charge in [-0.05, 0) is 65.1 Å². The van der Waals surface area contributed by atoms with E-state index >= 15 is 0 Å². The average molecular weight is 214 g/mol. The third-order valence-electron chi connectivity index (χ3n) is 2.18. The predicted octanol–water partition coefficient (Wildman–Crippen LogP) is 0.385. The SMILES string of the molecule is C=NCCCNCCCCNCCCN. The molecular weight excluding hydrogens is 188 g/mol. The van der Waals surface area contributed by atoms with Crippen molar-refractivity contribution in [2.24, 2.45) is 10.7 Å². The van der Waals surface area contributed by atoms with E-state index in [2.05, 4.69) is 22.3 Å². The van der Waals surface area contributed by atoms with Crippen LogP contribution in [0.2, 0.25) is 0 Å². The van der Waals surface area contributed by atoms with Gasteiger partial charge in [-0.15, -0.1) is 0 Å². The number of rotatable bonds is 12. The molecule has 4 nitrogen and oxygen atoms in total. The minimum absolute atomic E-state index is 0.784. The Labute approximate surface area is 93.7 Å². The molecule has 0 rings (SSSR count). The van der Waals surface area contributed by atoms with Crippen LogP contribution in [0.3, 0.4) is 0 Å². The number of nitrogens with zero attached hydrogens (tertiary/aromatic N) is 1. The van der Waals surface area contributed by atoms with Crippen molar-refractivity contribution in [3.8, 4) is 0 Å². The van der Waals surface area contributed by atoms with Gasteiger partial charge in [0.1, 0.15) is 0 Å². The lowest BCUT2D eigenvalue weighted by molar-refractivity contribution is 0.570. The second-order valence-electron chi connectivity index (χ2n) is 3.65. The van der Waals surface area contributed by atoms with Crippen LogP contribution in [0.1, 0.15) is 25.7 Å². The van der Waals surface area contributed by atoms with Crippen LogP contribution < -0.4 is 16.4 Å². The first kappa shape index (κ1) is 14.6. The molecule has 0 saturated heterocycles. The molecule has 15 heavy (non-hydrogen) atoms. The van der Waals surface area contributed by atoms with Crippen LogP contribution >= 0.6 is 0 Å². The van der Waals surface area contributed by atoms with Gasteiger partial charge in [-0.3, -0.25) is 0 Å². The minimum atomic E-state index is 0.784. The molecule has 0 aromatic carbocycles. The molecule has 0 aromatic heterocycles. The van der Waals surface area contributed by atoms with Crippen molar-refractivity contribution in [3.05, 3.63) is 0 Å². The van der Waals surface area contributed by atoms with Crippen molar-refractivity contribution < 1.29 is 0 Å². The van der Waals surface area contributed by atoms with Gasteiger partial charge in [0.15, 0.2) is 0 Å². The van der Waals surface area contributed by atoms with E-state index in [0.29, 0.717) is 0 Å². The lowest BCUT2D eigenvalue weighted by Crippen LogP contribution is -2.21. The zero-order chi connectivity index (χ0) is 11.2. The van der Waals surface area contributed by atoms with Gasteiger partial charge in [0.2, 0.25) is 0 Å². The van der Waals surface area contributed by atoms with Gasteiger partial charge >= 0.3 is 0 Å². The van der Waals surface area contributed by atoms with E-state index in [1.807, 2.05) is 0 Å². The van der Waals surface area contributed by atoms with Crippen LogP contribution in [-0.4, -0.2) is 46.0 Å². The summed E-state index contributed by atoms with van der Waals surface area (Å²) in [7, 11) is 0. The summed E-state index contributed by atoms with van der Waals surface area (Å²) in [6, 6.07) is 0. The first-order valence-electron chi connectivity index (χ1n) is 5.95. The van der Waals surface area contributed by atoms with Crippen molar-refractivity contribution >= 4 is 6.72 Å². The quantitative estimate of drug-likeness (QED) is 0.325. The number of nitrogens with two attached hydrogens (primary N) is 1. The molecule has 0 bridgehead atoms. The zero-order valence-corrected chi connectivity index (χ0v) is 9.80. The van der Waals surface area contributed by atoms with Gasteiger partial charge in [-0.2, -0.15) is 0 Å². The summed E-state index contributed by atoms with van der Waals surface area (Å²) in [6.07, 6.45) is 4.64. The number of hydrogen-bond donors (Lipinski definition) is 3. The summed E-state index contributed by atoms with van der Waals surface area (Å²) in [5.74, 6) is 0. The molecule has 0 heterocycles. The van der Waals surface area contributed by atoms with Gasteiger partial charge < -0.3 is 21.4 Å². The highest BCUT2D eigenvalue weighted by Crippen LogP contribution is 1.85. The van der Waals surface area contributed by atoms with Crippen molar-refractivity contribution in [1.82, 2.24) is 10.6 Å². The van der Waals surface area contributed by atoms with Crippen molar-refractivity contribution in [3.63, 3.8) is 0 Å². The minimum Gasteiger partial charge on any atom is -0.330 e. The number of hydrogen-bond acceptors (Lipinski definition) is 4. The third kappa shape index (κ3) is 13.6. The average Bonchev–Trinajstić information content (AvgIpc) is 2.26. The van der Waals surface area contributed by atoms with E-state index in [1.54, 1.807) is 0 Å². The Hall–Kier alpha value is -0.450. The Morgan fingerprint density at radius 3 is 1.93 bits per heavy atom. The van der Waals surface area contributed by atoms with Gasteiger partial charge in [0.25, 0.3) is 0 Å². The highest BCUT2D eigenvalue weighted by Gasteiger charge is 1.89. The number of nitrogens with one attached hydrogen (secondary N) is 2. The van der Waals surface area contributed by atoms with E-state index in [1.165, 1.54) is 12.8 Å². The lowest BCUT2D eigenvalue weighted by Gasteiger charge is -2.05. The van der Waals surface area contributed by atoms with Crippen LogP contribution in [-0.2, 0) is 0 Å². The highest BCUT2D eigenvalue weighted by atomic mass is 14.9. The first-order chi connectivity index (χ1) is 7.41. The molecule has 0 fully saturated rings. The normalized spacial score (nSPS) is 10.5. The van der Waals surface area contributed by atoms with Gasteiger partial charge in [-0.1, -0.05) is 0 Å². The summed E-state index contributed by atoms with van der Waals surface area (Å²) >= 11 is 0. The summed E-state index contributed by atoms with van der Waals surface area (Å²) in [5.41, 5.74) is 5.39. The molecular formula is C11H26N4. The molecule has 0 atom stereocenters. The van der Waals surface area contributed by atoms with Crippen LogP contribution in [0.25, 0.3) is 0 Å². The smallest absolute Gasteiger partial charge is 0.0394 e. The highest BCUT2D eigenvalue weighted by molar-refractivity contribution is 5.22. The second-order valence-corrected chi connectivity index (χ2v) is 3.65.